The molecular formula is C11H23N3O2. The van der Waals surface area contributed by atoms with E-state index < -0.39 is 0 Å². The first kappa shape index (κ1) is 14.9. The average molecular weight is 229 g/mol. The van der Waals surface area contributed by atoms with Gasteiger partial charge in [-0.2, -0.15) is 0 Å². The molecule has 0 saturated carbocycles. The van der Waals surface area contributed by atoms with Gasteiger partial charge in [0, 0.05) is 19.1 Å². The van der Waals surface area contributed by atoms with E-state index in [2.05, 4.69) is 10.6 Å². The summed E-state index contributed by atoms with van der Waals surface area (Å²) < 4.78 is 0. The number of nitrogens with one attached hydrogen (secondary N) is 2. The summed E-state index contributed by atoms with van der Waals surface area (Å²) in [6.45, 7) is 8.77. The second kappa shape index (κ2) is 6.48. The molecule has 2 amide bonds. The van der Waals surface area contributed by atoms with E-state index in [1.165, 1.54) is 4.90 Å². The zero-order valence-corrected chi connectivity index (χ0v) is 10.9. The molecule has 0 aliphatic carbocycles. The van der Waals surface area contributed by atoms with E-state index in [-0.39, 0.29) is 30.4 Å². The van der Waals surface area contributed by atoms with Crippen LogP contribution in [0.3, 0.4) is 0 Å². The molecule has 0 saturated heterocycles. The number of hydrogen-bond acceptors (Lipinski definition) is 3. The number of amides is 2. The minimum absolute atomic E-state index is 0.0546. The zero-order valence-electron chi connectivity index (χ0n) is 10.9. The number of likely N-dealkylation sites (N-methyl/N-ethyl adjacent to an activating group) is 2. The van der Waals surface area contributed by atoms with Gasteiger partial charge in [0.05, 0.1) is 13.1 Å². The third kappa shape index (κ3) is 6.40. The third-order valence-electron chi connectivity index (χ3n) is 2.12. The van der Waals surface area contributed by atoms with Crippen molar-refractivity contribution in [3.8, 4) is 0 Å². The Morgan fingerprint density at radius 1 is 1.25 bits per heavy atom. The largest absolute Gasteiger partial charge is 0.358 e. The molecular weight excluding hydrogens is 206 g/mol. The maximum absolute atomic E-state index is 11.8. The summed E-state index contributed by atoms with van der Waals surface area (Å²) in [5, 5.41) is 5.61. The predicted octanol–water partition coefficient (Wildman–Crippen LogP) is -0.0310. The number of nitrogens with zero attached hydrogens (tertiary/aromatic N) is 1. The van der Waals surface area contributed by atoms with Crippen LogP contribution >= 0.6 is 0 Å². The van der Waals surface area contributed by atoms with Crippen molar-refractivity contribution >= 4 is 11.8 Å². The van der Waals surface area contributed by atoms with Crippen LogP contribution in [-0.2, 0) is 9.59 Å². The molecule has 0 heterocycles. The van der Waals surface area contributed by atoms with Crippen LogP contribution in [0.25, 0.3) is 0 Å². The van der Waals surface area contributed by atoms with Crippen LogP contribution in [0.15, 0.2) is 0 Å². The lowest BCUT2D eigenvalue weighted by Gasteiger charge is -2.24. The second-order valence-corrected chi connectivity index (χ2v) is 4.68. The highest BCUT2D eigenvalue weighted by atomic mass is 16.2. The van der Waals surface area contributed by atoms with Crippen LogP contribution in [0.5, 0.6) is 0 Å². The van der Waals surface area contributed by atoms with Gasteiger partial charge in [-0.3, -0.25) is 9.59 Å². The fourth-order valence-corrected chi connectivity index (χ4v) is 1.08. The lowest BCUT2D eigenvalue weighted by molar-refractivity contribution is -0.135. The Kier molecular flexibility index (Phi) is 6.03. The highest BCUT2D eigenvalue weighted by Gasteiger charge is 2.17. The fourth-order valence-electron chi connectivity index (χ4n) is 1.08. The molecule has 5 heteroatoms. The van der Waals surface area contributed by atoms with Crippen LogP contribution in [0.4, 0.5) is 0 Å². The molecule has 0 radical (unpaired) electrons. The quantitative estimate of drug-likeness (QED) is 0.696. The van der Waals surface area contributed by atoms with Crippen molar-refractivity contribution in [2.75, 3.05) is 26.7 Å². The first-order chi connectivity index (χ1) is 7.30. The molecule has 0 aromatic carbocycles. The normalized spacial score (nSPS) is 11.1. The number of carbonyl (C=O) groups is 2. The van der Waals surface area contributed by atoms with E-state index in [1.54, 1.807) is 7.05 Å². The Bertz CT molecular complexity index is 246. The molecule has 0 atom stereocenters. The van der Waals surface area contributed by atoms with E-state index in [1.807, 2.05) is 27.7 Å². The molecule has 0 aromatic rings. The Balaban J connectivity index is 4.16. The van der Waals surface area contributed by atoms with E-state index in [9.17, 15) is 9.59 Å². The third-order valence-corrected chi connectivity index (χ3v) is 2.12. The average Bonchev–Trinajstić information content (AvgIpc) is 2.21. The van der Waals surface area contributed by atoms with E-state index in [0.29, 0.717) is 6.54 Å². The number of hydrogen-bond donors (Lipinski definition) is 2. The maximum atomic E-state index is 11.8. The highest BCUT2D eigenvalue weighted by molar-refractivity contribution is 5.85. The topological polar surface area (TPSA) is 61.4 Å². The lowest BCUT2D eigenvalue weighted by Crippen LogP contribution is -2.47. The van der Waals surface area contributed by atoms with Crippen LogP contribution in [-0.4, -0.2) is 48.9 Å². The molecule has 0 unspecified atom stereocenters. The highest BCUT2D eigenvalue weighted by Crippen LogP contribution is 1.98. The zero-order chi connectivity index (χ0) is 12.8. The molecule has 0 rings (SSSR count). The molecule has 0 spiro atoms. The van der Waals surface area contributed by atoms with Gasteiger partial charge in [0.25, 0.3) is 0 Å². The van der Waals surface area contributed by atoms with Gasteiger partial charge in [0.2, 0.25) is 11.8 Å². The van der Waals surface area contributed by atoms with Gasteiger partial charge in [-0.05, 0) is 27.7 Å². The summed E-state index contributed by atoms with van der Waals surface area (Å²) in [5.74, 6) is -0.202. The first-order valence-corrected chi connectivity index (χ1v) is 5.53. The van der Waals surface area contributed by atoms with Crippen LogP contribution in [0, 0.1) is 0 Å². The molecule has 0 aliphatic rings. The van der Waals surface area contributed by atoms with Crippen molar-refractivity contribution in [3.63, 3.8) is 0 Å². The predicted molar refractivity (Wildman–Crippen MR) is 64.1 cm³/mol. The number of rotatable bonds is 5. The summed E-state index contributed by atoms with van der Waals surface area (Å²) in [6, 6.07) is 0. The van der Waals surface area contributed by atoms with Gasteiger partial charge < -0.3 is 15.5 Å². The van der Waals surface area contributed by atoms with Gasteiger partial charge in [-0.15, -0.1) is 0 Å². The molecule has 0 bridgehead atoms. The van der Waals surface area contributed by atoms with Crippen molar-refractivity contribution in [1.82, 2.24) is 15.5 Å². The summed E-state index contributed by atoms with van der Waals surface area (Å²) in [5.41, 5.74) is -0.0952. The van der Waals surface area contributed by atoms with Crippen LogP contribution in [0.2, 0.25) is 0 Å². The van der Waals surface area contributed by atoms with Crippen molar-refractivity contribution in [3.05, 3.63) is 0 Å². The lowest BCUT2D eigenvalue weighted by atomic mass is 10.1. The second-order valence-electron chi connectivity index (χ2n) is 4.68. The maximum Gasteiger partial charge on any atom is 0.239 e. The molecule has 0 fully saturated rings. The SMILES string of the molecule is CCN(CC(=O)NC)C(=O)CNC(C)(C)C. The van der Waals surface area contributed by atoms with Gasteiger partial charge >= 0.3 is 0 Å². The Labute approximate surface area is 97.6 Å². The molecule has 0 aromatic heterocycles. The van der Waals surface area contributed by atoms with Gasteiger partial charge in [-0.25, -0.2) is 0 Å². The standard InChI is InChI=1S/C11H23N3O2/c1-6-14(8-9(15)12-5)10(16)7-13-11(2,3)4/h13H,6-8H2,1-5H3,(H,12,15). The summed E-state index contributed by atoms with van der Waals surface area (Å²) in [7, 11) is 1.56. The Morgan fingerprint density at radius 3 is 2.19 bits per heavy atom. The monoisotopic (exact) mass is 229 g/mol. The minimum atomic E-state index is -0.147. The van der Waals surface area contributed by atoms with Gasteiger partial charge in [0.1, 0.15) is 0 Å². The molecule has 0 aliphatic heterocycles. The summed E-state index contributed by atoms with van der Waals surface area (Å²) in [4.78, 5) is 24.4. The van der Waals surface area contributed by atoms with Crippen molar-refractivity contribution < 1.29 is 9.59 Å². The van der Waals surface area contributed by atoms with E-state index >= 15 is 0 Å². The Hall–Kier alpha value is -1.10. The smallest absolute Gasteiger partial charge is 0.239 e. The fraction of sp³-hybridized carbons (Fsp3) is 0.818. The van der Waals surface area contributed by atoms with Crippen molar-refractivity contribution in [2.24, 2.45) is 0 Å². The summed E-state index contributed by atoms with van der Waals surface area (Å²) >= 11 is 0. The summed E-state index contributed by atoms with van der Waals surface area (Å²) in [6.07, 6.45) is 0. The molecule has 5 nitrogen and oxygen atoms in total. The molecule has 2 N–H and O–H groups in total. The van der Waals surface area contributed by atoms with Gasteiger partial charge in [0.15, 0.2) is 0 Å². The van der Waals surface area contributed by atoms with Crippen molar-refractivity contribution in [1.29, 1.82) is 0 Å². The number of carbonyl (C=O) groups excluding carboxylic acids is 2. The van der Waals surface area contributed by atoms with E-state index in [4.69, 9.17) is 0 Å². The van der Waals surface area contributed by atoms with Crippen molar-refractivity contribution in [2.45, 2.75) is 33.2 Å². The first-order valence-electron chi connectivity index (χ1n) is 5.53. The van der Waals surface area contributed by atoms with Crippen LogP contribution in [0.1, 0.15) is 27.7 Å². The minimum Gasteiger partial charge on any atom is -0.358 e. The Morgan fingerprint density at radius 2 is 1.81 bits per heavy atom. The van der Waals surface area contributed by atoms with E-state index in [0.717, 1.165) is 0 Å². The molecule has 16 heavy (non-hydrogen) atoms. The molecule has 94 valence electrons. The van der Waals surface area contributed by atoms with Crippen LogP contribution < -0.4 is 10.6 Å². The van der Waals surface area contributed by atoms with Gasteiger partial charge in [-0.1, -0.05) is 0 Å².